The first-order valence-electron chi connectivity index (χ1n) is 7.92. The van der Waals surface area contributed by atoms with Crippen LogP contribution in [0.5, 0.6) is 0 Å². The number of nitrogens with one attached hydrogen (secondary N) is 1. The summed E-state index contributed by atoms with van der Waals surface area (Å²) in [5.74, 6) is -1.64. The summed E-state index contributed by atoms with van der Waals surface area (Å²) in [6, 6.07) is 2.72. The minimum atomic E-state index is -1.26. The van der Waals surface area contributed by atoms with E-state index in [-0.39, 0.29) is 17.2 Å². The summed E-state index contributed by atoms with van der Waals surface area (Å²) in [7, 11) is 0. The van der Waals surface area contributed by atoms with Gasteiger partial charge in [0.15, 0.2) is 0 Å². The van der Waals surface area contributed by atoms with Crippen molar-refractivity contribution in [1.29, 1.82) is 0 Å². The summed E-state index contributed by atoms with van der Waals surface area (Å²) in [6.07, 6.45) is 0.409. The third kappa shape index (κ3) is 6.40. The first kappa shape index (κ1) is 20.4. The number of carboxylic acid groups (broad SMARTS) is 1. The fourth-order valence-corrected chi connectivity index (χ4v) is 2.18. The van der Waals surface area contributed by atoms with E-state index < -0.39 is 34.2 Å². The largest absolute Gasteiger partial charge is 0.478 e. The van der Waals surface area contributed by atoms with Crippen molar-refractivity contribution in [1.82, 2.24) is 0 Å². The number of carboxylic acids is 1. The summed E-state index contributed by atoms with van der Waals surface area (Å²) in [5, 5.41) is 23.1. The molecule has 1 atom stereocenters. The lowest BCUT2D eigenvalue weighted by atomic mass is 10.0. The molecule has 0 saturated carbocycles. The Bertz CT molecular complexity index is 664. The lowest BCUT2D eigenvalue weighted by Crippen LogP contribution is -2.37. The van der Waals surface area contributed by atoms with Gasteiger partial charge in [-0.2, -0.15) is 0 Å². The van der Waals surface area contributed by atoms with Crippen molar-refractivity contribution in [3.05, 3.63) is 33.9 Å². The minimum Gasteiger partial charge on any atom is -0.478 e. The second kappa shape index (κ2) is 7.96. The highest BCUT2D eigenvalue weighted by atomic mass is 16.6. The van der Waals surface area contributed by atoms with Gasteiger partial charge in [-0.3, -0.25) is 10.1 Å². The van der Waals surface area contributed by atoms with Gasteiger partial charge in [-0.15, -0.1) is 0 Å². The quantitative estimate of drug-likeness (QED) is 0.438. The highest BCUT2D eigenvalue weighted by molar-refractivity contribution is 5.90. The van der Waals surface area contributed by atoms with Gasteiger partial charge >= 0.3 is 11.9 Å². The summed E-state index contributed by atoms with van der Waals surface area (Å²) >= 11 is 0. The molecular formula is C17H24N2O6. The number of anilines is 1. The number of hydrogen-bond donors (Lipinski definition) is 2. The molecule has 0 radical (unpaired) electrons. The van der Waals surface area contributed by atoms with Crippen LogP contribution in [0.2, 0.25) is 0 Å². The Hall–Kier alpha value is -2.64. The predicted molar refractivity (Wildman–Crippen MR) is 92.8 cm³/mol. The van der Waals surface area contributed by atoms with Crippen LogP contribution in [0.25, 0.3) is 0 Å². The van der Waals surface area contributed by atoms with E-state index in [0.717, 1.165) is 6.07 Å². The Morgan fingerprint density at radius 3 is 2.36 bits per heavy atom. The van der Waals surface area contributed by atoms with E-state index in [1.807, 2.05) is 13.8 Å². The number of nitro groups is 1. The third-order valence-corrected chi connectivity index (χ3v) is 3.17. The molecule has 1 aromatic carbocycles. The molecule has 0 aliphatic rings. The average molecular weight is 352 g/mol. The number of carbonyl (C=O) groups excluding carboxylic acids is 1. The topological polar surface area (TPSA) is 119 Å². The standard InChI is InChI=1S/C17H24N2O6/c1-10(2)8-13(16(22)25-17(3,4)5)18-12-7-6-11(15(20)21)9-14(12)19(23)24/h6-7,9-10,13,18H,8H2,1-5H3,(H,20,21)/t13-/m0/s1. The first-order chi connectivity index (χ1) is 11.4. The van der Waals surface area contributed by atoms with Gasteiger partial charge < -0.3 is 15.2 Å². The van der Waals surface area contributed by atoms with Gasteiger partial charge in [-0.1, -0.05) is 13.8 Å². The molecule has 0 aliphatic carbocycles. The third-order valence-electron chi connectivity index (χ3n) is 3.17. The first-order valence-corrected chi connectivity index (χ1v) is 7.92. The molecule has 2 N–H and O–H groups in total. The van der Waals surface area contributed by atoms with Gasteiger partial charge in [-0.05, 0) is 45.2 Å². The van der Waals surface area contributed by atoms with Crippen molar-refractivity contribution in [3.63, 3.8) is 0 Å². The normalized spacial score (nSPS) is 12.6. The molecule has 0 heterocycles. The van der Waals surface area contributed by atoms with Crippen molar-refractivity contribution in [3.8, 4) is 0 Å². The highest BCUT2D eigenvalue weighted by Gasteiger charge is 2.28. The number of ether oxygens (including phenoxy) is 1. The molecule has 138 valence electrons. The van der Waals surface area contributed by atoms with Crippen molar-refractivity contribution >= 4 is 23.3 Å². The number of carbonyl (C=O) groups is 2. The zero-order valence-electron chi connectivity index (χ0n) is 15.0. The smallest absolute Gasteiger partial charge is 0.335 e. The number of hydrogen-bond acceptors (Lipinski definition) is 6. The van der Waals surface area contributed by atoms with Gasteiger partial charge in [0.25, 0.3) is 5.69 Å². The zero-order chi connectivity index (χ0) is 19.4. The van der Waals surface area contributed by atoms with Crippen LogP contribution in [0.4, 0.5) is 11.4 Å². The molecule has 0 aliphatic heterocycles. The molecule has 0 fully saturated rings. The Morgan fingerprint density at radius 2 is 1.92 bits per heavy atom. The number of aromatic carboxylic acids is 1. The van der Waals surface area contributed by atoms with Crippen molar-refractivity contribution in [2.75, 3.05) is 5.32 Å². The molecular weight excluding hydrogens is 328 g/mol. The maximum Gasteiger partial charge on any atom is 0.335 e. The molecule has 0 aromatic heterocycles. The molecule has 25 heavy (non-hydrogen) atoms. The fourth-order valence-electron chi connectivity index (χ4n) is 2.18. The average Bonchev–Trinajstić information content (AvgIpc) is 2.44. The summed E-state index contributed by atoms with van der Waals surface area (Å²) in [4.78, 5) is 34.0. The van der Waals surface area contributed by atoms with Crippen molar-refractivity contribution in [2.24, 2.45) is 5.92 Å². The molecule has 0 spiro atoms. The second-order valence-electron chi connectivity index (χ2n) is 7.15. The van der Waals surface area contributed by atoms with E-state index >= 15 is 0 Å². The van der Waals surface area contributed by atoms with Crippen LogP contribution in [0, 0.1) is 16.0 Å². The number of esters is 1. The van der Waals surface area contributed by atoms with E-state index in [1.54, 1.807) is 20.8 Å². The van der Waals surface area contributed by atoms with Crippen molar-refractivity contribution < 1.29 is 24.4 Å². The maximum absolute atomic E-state index is 12.4. The van der Waals surface area contributed by atoms with Crippen LogP contribution >= 0.6 is 0 Å². The van der Waals surface area contributed by atoms with E-state index in [4.69, 9.17) is 9.84 Å². The van der Waals surface area contributed by atoms with E-state index in [0.29, 0.717) is 6.42 Å². The van der Waals surface area contributed by atoms with Crippen molar-refractivity contribution in [2.45, 2.75) is 52.7 Å². The van der Waals surface area contributed by atoms with Crippen LogP contribution in [0.15, 0.2) is 18.2 Å². The Kier molecular flexibility index (Phi) is 6.49. The molecule has 0 amide bonds. The number of rotatable bonds is 7. The van der Waals surface area contributed by atoms with E-state index in [2.05, 4.69) is 5.32 Å². The van der Waals surface area contributed by atoms with E-state index in [1.165, 1.54) is 12.1 Å². The predicted octanol–water partition coefficient (Wildman–Crippen LogP) is 3.46. The SMILES string of the molecule is CC(C)C[C@H](Nc1ccc(C(=O)O)cc1[N+](=O)[O-])C(=O)OC(C)(C)C. The number of benzene rings is 1. The van der Waals surface area contributed by atoms with Crippen LogP contribution < -0.4 is 5.32 Å². The second-order valence-corrected chi connectivity index (χ2v) is 7.15. The molecule has 1 aromatic rings. The summed E-state index contributed by atoms with van der Waals surface area (Å²) < 4.78 is 5.37. The molecule has 8 nitrogen and oxygen atoms in total. The molecule has 0 unspecified atom stereocenters. The molecule has 8 heteroatoms. The van der Waals surface area contributed by atoms with E-state index in [9.17, 15) is 19.7 Å². The Labute approximate surface area is 146 Å². The Balaban J connectivity index is 3.17. The van der Waals surface area contributed by atoms with Gasteiger partial charge in [0.05, 0.1) is 10.5 Å². The summed E-state index contributed by atoms with van der Waals surface area (Å²) in [6.45, 7) is 9.05. The molecule has 0 bridgehead atoms. The van der Waals surface area contributed by atoms with Gasteiger partial charge in [-0.25, -0.2) is 9.59 Å². The number of nitro benzene ring substituents is 1. The fraction of sp³-hybridized carbons (Fsp3) is 0.529. The molecule has 1 rings (SSSR count). The molecule has 0 saturated heterocycles. The van der Waals surface area contributed by atoms with Crippen LogP contribution in [-0.2, 0) is 9.53 Å². The van der Waals surface area contributed by atoms with Crippen LogP contribution in [0.3, 0.4) is 0 Å². The van der Waals surface area contributed by atoms with Crippen LogP contribution in [-0.4, -0.2) is 33.6 Å². The minimum absolute atomic E-state index is 0.0755. The number of nitrogens with zero attached hydrogens (tertiary/aromatic N) is 1. The lowest BCUT2D eigenvalue weighted by Gasteiger charge is -2.26. The summed E-state index contributed by atoms with van der Waals surface area (Å²) in [5.41, 5.74) is -1.22. The van der Waals surface area contributed by atoms with Gasteiger partial charge in [0.1, 0.15) is 17.3 Å². The lowest BCUT2D eigenvalue weighted by molar-refractivity contribution is -0.384. The zero-order valence-corrected chi connectivity index (χ0v) is 15.0. The van der Waals surface area contributed by atoms with Gasteiger partial charge in [0, 0.05) is 6.07 Å². The Morgan fingerprint density at radius 1 is 1.32 bits per heavy atom. The van der Waals surface area contributed by atoms with Gasteiger partial charge in [0.2, 0.25) is 0 Å². The van der Waals surface area contributed by atoms with Crippen LogP contribution in [0.1, 0.15) is 51.4 Å². The monoisotopic (exact) mass is 352 g/mol. The highest BCUT2D eigenvalue weighted by Crippen LogP contribution is 2.28. The maximum atomic E-state index is 12.4.